The number of halogens is 14. The van der Waals surface area contributed by atoms with Crippen molar-refractivity contribution in [3.8, 4) is 0 Å². The average Bonchev–Trinajstić information content (AvgIpc) is 3.01. The largest absolute Gasteiger partial charge is 0.457 e. The standard InChI is InChI=1S/C34H61F14NOSi7/c1-51(2)20-56(11,21-52(3)4)18-19-57(12,22-53(5)6)23-55(9,10)17-16-54(7,8)15-13-14-49(29-27(38)25(36)24(35)26(37)28(29)39)30(50)31(40,33(43,44)45)32(41,42)34(46,47)48/h51-53H,13-23H2,1-12H3. The van der Waals surface area contributed by atoms with E-state index in [0.29, 0.717) is 6.04 Å². The summed E-state index contributed by atoms with van der Waals surface area (Å²) >= 11 is 0. The Morgan fingerprint density at radius 2 is 0.895 bits per heavy atom. The molecule has 23 heteroatoms. The lowest BCUT2D eigenvalue weighted by atomic mass is 9.93. The number of amides is 1. The fourth-order valence-corrected chi connectivity index (χ4v) is 61.2. The van der Waals surface area contributed by atoms with Gasteiger partial charge >= 0.3 is 23.9 Å². The van der Waals surface area contributed by atoms with E-state index in [1.165, 1.54) is 34.8 Å². The Hall–Kier alpha value is -0.772. The van der Waals surface area contributed by atoms with Crippen molar-refractivity contribution in [2.24, 2.45) is 0 Å². The van der Waals surface area contributed by atoms with Gasteiger partial charge in [0, 0.05) is 65.2 Å². The third-order valence-corrected chi connectivity index (χ3v) is 48.5. The highest BCUT2D eigenvalue weighted by atomic mass is 28.4. The Labute approximate surface area is 337 Å². The van der Waals surface area contributed by atoms with Crippen molar-refractivity contribution in [1.29, 1.82) is 0 Å². The summed E-state index contributed by atoms with van der Waals surface area (Å²) in [7, 11) is -9.99. The quantitative estimate of drug-likeness (QED) is 0.0520. The molecule has 0 aromatic heterocycles. The maximum atomic E-state index is 15.3. The van der Waals surface area contributed by atoms with Crippen molar-refractivity contribution in [1.82, 2.24) is 0 Å². The number of nitrogens with zero attached hydrogens (tertiary/aromatic N) is 1. The summed E-state index contributed by atoms with van der Waals surface area (Å²) in [6.07, 6.45) is -15.4. The predicted octanol–water partition coefficient (Wildman–Crippen LogP) is 12.8. The first-order valence-electron chi connectivity index (χ1n) is 19.3. The molecule has 1 aromatic rings. The third-order valence-electron chi connectivity index (χ3n) is 10.8. The van der Waals surface area contributed by atoms with Gasteiger partial charge in [-0.05, 0) is 6.42 Å². The summed E-state index contributed by atoms with van der Waals surface area (Å²) in [5.74, 6) is -26.0. The first-order chi connectivity index (χ1) is 25.3. The lowest BCUT2D eigenvalue weighted by Gasteiger charge is -2.40. The van der Waals surface area contributed by atoms with Gasteiger partial charge in [-0.2, -0.15) is 35.1 Å². The number of hydrogen-bond donors (Lipinski definition) is 0. The van der Waals surface area contributed by atoms with E-state index >= 15 is 4.39 Å². The topological polar surface area (TPSA) is 20.3 Å². The van der Waals surface area contributed by atoms with Gasteiger partial charge in [0.05, 0.1) is 0 Å². The highest BCUT2D eigenvalue weighted by molar-refractivity contribution is 7.01. The molecule has 0 N–H and O–H groups in total. The summed E-state index contributed by atoms with van der Waals surface area (Å²) < 4.78 is 197. The van der Waals surface area contributed by atoms with Crippen LogP contribution in [0.4, 0.5) is 67.2 Å². The molecule has 0 saturated heterocycles. The van der Waals surface area contributed by atoms with E-state index in [9.17, 15) is 61.9 Å². The molecule has 0 spiro atoms. The van der Waals surface area contributed by atoms with Crippen LogP contribution in [0.3, 0.4) is 0 Å². The average molecular weight is 962 g/mol. The van der Waals surface area contributed by atoms with Gasteiger partial charge < -0.3 is 4.90 Å². The second kappa shape index (κ2) is 19.5. The van der Waals surface area contributed by atoms with Gasteiger partial charge in [-0.3, -0.25) is 4.79 Å². The molecule has 57 heavy (non-hydrogen) atoms. The number of carbonyl (C=O) groups excluding carboxylic acids is 1. The molecule has 2 nitrogen and oxygen atoms in total. The lowest BCUT2D eigenvalue weighted by molar-refractivity contribution is -0.370. The maximum absolute atomic E-state index is 15.3. The van der Waals surface area contributed by atoms with Crippen LogP contribution in [0, 0.1) is 29.1 Å². The van der Waals surface area contributed by atoms with Gasteiger partial charge in [-0.25, -0.2) is 26.3 Å². The Kier molecular flexibility index (Phi) is 18.6. The minimum Gasteiger partial charge on any atom is -0.304 e. The number of benzene rings is 1. The minimum atomic E-state index is -7.54. The van der Waals surface area contributed by atoms with E-state index in [1.54, 1.807) is 0 Å². The molecule has 0 aliphatic heterocycles. The number of anilines is 1. The minimum absolute atomic E-state index is 0.0205. The molecule has 0 aliphatic carbocycles. The molecule has 1 rings (SSSR count). The van der Waals surface area contributed by atoms with E-state index < -0.39 is 141 Å². The molecule has 0 radical (unpaired) electrons. The van der Waals surface area contributed by atoms with Gasteiger partial charge in [-0.1, -0.05) is 131 Å². The Bertz CT molecular complexity index is 1490. The predicted molar refractivity (Wildman–Crippen MR) is 222 cm³/mol. The van der Waals surface area contributed by atoms with Crippen LogP contribution in [0.25, 0.3) is 0 Å². The molecule has 0 heterocycles. The zero-order chi connectivity index (χ0) is 45.1. The van der Waals surface area contributed by atoms with Gasteiger partial charge in [0.15, 0.2) is 23.3 Å². The van der Waals surface area contributed by atoms with Crippen LogP contribution in [-0.4, -0.2) is 95.1 Å². The molecule has 334 valence electrons. The van der Waals surface area contributed by atoms with Crippen LogP contribution in [-0.2, 0) is 4.79 Å². The molecule has 1 aromatic carbocycles. The van der Waals surface area contributed by atoms with Gasteiger partial charge in [-0.15, -0.1) is 0 Å². The zero-order valence-electron chi connectivity index (χ0n) is 35.2. The monoisotopic (exact) mass is 961 g/mol. The maximum Gasteiger partial charge on any atom is 0.457 e. The van der Waals surface area contributed by atoms with E-state index in [4.69, 9.17) is 0 Å². The van der Waals surface area contributed by atoms with Crippen LogP contribution in [0.15, 0.2) is 0 Å². The van der Waals surface area contributed by atoms with Crippen molar-refractivity contribution < 1.29 is 66.3 Å². The van der Waals surface area contributed by atoms with E-state index in [1.807, 2.05) is 13.1 Å². The van der Waals surface area contributed by atoms with Crippen LogP contribution in [0.5, 0.6) is 0 Å². The van der Waals surface area contributed by atoms with Crippen molar-refractivity contribution in [3.05, 3.63) is 29.1 Å². The second-order valence-corrected chi connectivity index (χ2v) is 52.7. The Balaban J connectivity index is 3.48. The molecule has 1 amide bonds. The van der Waals surface area contributed by atoms with Crippen LogP contribution >= 0.6 is 0 Å². The van der Waals surface area contributed by atoms with Crippen molar-refractivity contribution in [2.75, 3.05) is 11.4 Å². The molecular formula is C34H61F14NOSi7. The summed E-state index contributed by atoms with van der Waals surface area (Å²) in [6.45, 7) is 26.2. The molecular weight excluding hydrogens is 901 g/mol. The van der Waals surface area contributed by atoms with E-state index in [-0.39, 0.29) is 6.04 Å². The normalized spacial score (nSPS) is 16.1. The SMILES string of the molecule is C[SiH](C)C[Si](C)(CC[Si](C)(C[SiH](C)C)C[Si](C)(C)CC[Si](C)(C)CCCN(C(=O)C(F)(C(F)(F)F)C(F)(F)C(F)(F)F)c1c(F)c(F)c(F)c(F)c1F)C[SiH](C)C. The lowest BCUT2D eigenvalue weighted by Crippen LogP contribution is -2.69. The summed E-state index contributed by atoms with van der Waals surface area (Å²) in [5, 5.41) is 0. The molecule has 0 aliphatic rings. The highest BCUT2D eigenvalue weighted by Gasteiger charge is 2.85. The van der Waals surface area contributed by atoms with Crippen molar-refractivity contribution in [2.45, 2.75) is 162 Å². The molecule has 2 unspecified atom stereocenters. The first kappa shape index (κ1) is 54.2. The molecule has 0 bridgehead atoms. The van der Waals surface area contributed by atoms with Crippen LogP contribution in [0.2, 0.25) is 131 Å². The van der Waals surface area contributed by atoms with Gasteiger partial charge in [0.2, 0.25) is 5.82 Å². The van der Waals surface area contributed by atoms with E-state index in [2.05, 4.69) is 65.5 Å². The summed E-state index contributed by atoms with van der Waals surface area (Å²) in [6, 6.07) is 4.04. The van der Waals surface area contributed by atoms with Crippen molar-refractivity contribution >= 4 is 70.3 Å². The highest BCUT2D eigenvalue weighted by Crippen LogP contribution is 2.54. The van der Waals surface area contributed by atoms with Crippen molar-refractivity contribution in [3.63, 3.8) is 0 Å². The van der Waals surface area contributed by atoms with Crippen LogP contribution < -0.4 is 4.90 Å². The number of carbonyl (C=O) groups is 1. The first-order valence-corrected chi connectivity index (χ1v) is 41.8. The molecule has 0 fully saturated rings. The smallest absolute Gasteiger partial charge is 0.304 e. The molecule has 0 saturated carbocycles. The number of alkyl halides is 9. The van der Waals surface area contributed by atoms with E-state index in [0.717, 1.165) is 6.04 Å². The third kappa shape index (κ3) is 13.9. The van der Waals surface area contributed by atoms with Crippen LogP contribution in [0.1, 0.15) is 6.42 Å². The second-order valence-electron chi connectivity index (χ2n) is 19.6. The Morgan fingerprint density at radius 1 is 0.526 bits per heavy atom. The number of hydrogen-bond acceptors (Lipinski definition) is 1. The van der Waals surface area contributed by atoms with Gasteiger partial charge in [0.1, 0.15) is 5.69 Å². The summed E-state index contributed by atoms with van der Waals surface area (Å²) in [4.78, 5) is 11.8. The zero-order valence-corrected chi connectivity index (χ0v) is 42.6. The molecule has 2 atom stereocenters. The Morgan fingerprint density at radius 3 is 1.28 bits per heavy atom. The fraction of sp³-hybridized carbons (Fsp3) is 0.794. The summed E-state index contributed by atoms with van der Waals surface area (Å²) in [5.41, 5.74) is -4.44. The van der Waals surface area contributed by atoms with Gasteiger partial charge in [0.25, 0.3) is 5.91 Å². The number of rotatable bonds is 21. The fourth-order valence-electron chi connectivity index (χ4n) is 8.83.